The lowest BCUT2D eigenvalue weighted by Gasteiger charge is -1.98. The molecule has 0 unspecified atom stereocenters. The summed E-state index contributed by atoms with van der Waals surface area (Å²) in [4.78, 5) is 24.5. The van der Waals surface area contributed by atoms with Gasteiger partial charge in [0, 0.05) is 0 Å². The molecule has 0 amide bonds. The fraction of sp³-hybridized carbons (Fsp3) is 0.125. The van der Waals surface area contributed by atoms with Crippen LogP contribution in [0, 0.1) is 6.92 Å². The summed E-state index contributed by atoms with van der Waals surface area (Å²) in [6.45, 7) is 1.55. The maximum atomic E-state index is 10.5. The second-order valence-electron chi connectivity index (χ2n) is 2.29. The summed E-state index contributed by atoms with van der Waals surface area (Å²) in [6.07, 6.45) is 0.582. The van der Waals surface area contributed by atoms with Crippen LogP contribution in [0.1, 0.15) is 26.5 Å². The lowest BCUT2D eigenvalue weighted by molar-refractivity contribution is 0.0695. The van der Waals surface area contributed by atoms with Crippen LogP contribution >= 0.6 is 0 Å². The Morgan fingerprint density at radius 1 is 1.58 bits per heavy atom. The number of carboxylic acids is 1. The fourth-order valence-electron chi connectivity index (χ4n) is 0.872. The van der Waals surface area contributed by atoms with E-state index in [2.05, 4.69) is 4.98 Å². The van der Waals surface area contributed by atoms with Gasteiger partial charge in [0.1, 0.15) is 5.69 Å². The SMILES string of the molecule is Cc1nc(C=O)ccc1C(=O)O. The van der Waals surface area contributed by atoms with Crippen molar-refractivity contribution in [3.8, 4) is 0 Å². The number of nitrogens with zero attached hydrogens (tertiary/aromatic N) is 1. The number of aryl methyl sites for hydroxylation is 1. The lowest BCUT2D eigenvalue weighted by atomic mass is 10.2. The zero-order valence-electron chi connectivity index (χ0n) is 6.44. The van der Waals surface area contributed by atoms with Gasteiger partial charge >= 0.3 is 5.97 Å². The molecule has 0 atom stereocenters. The van der Waals surface area contributed by atoms with E-state index in [0.29, 0.717) is 12.0 Å². The van der Waals surface area contributed by atoms with E-state index in [1.807, 2.05) is 0 Å². The van der Waals surface area contributed by atoms with Crippen molar-refractivity contribution >= 4 is 12.3 Å². The minimum atomic E-state index is -1.03. The van der Waals surface area contributed by atoms with Crippen molar-refractivity contribution in [2.24, 2.45) is 0 Å². The smallest absolute Gasteiger partial charge is 0.337 e. The summed E-state index contributed by atoms with van der Waals surface area (Å²) in [7, 11) is 0. The van der Waals surface area contributed by atoms with Crippen molar-refractivity contribution in [1.82, 2.24) is 4.98 Å². The fourth-order valence-corrected chi connectivity index (χ4v) is 0.872. The number of pyridine rings is 1. The van der Waals surface area contributed by atoms with E-state index >= 15 is 0 Å². The summed E-state index contributed by atoms with van der Waals surface area (Å²) >= 11 is 0. The molecule has 0 aliphatic carbocycles. The maximum Gasteiger partial charge on any atom is 0.337 e. The summed E-state index contributed by atoms with van der Waals surface area (Å²) in [5.41, 5.74) is 0.727. The first kappa shape index (κ1) is 8.39. The molecule has 0 bridgehead atoms. The highest BCUT2D eigenvalue weighted by Crippen LogP contribution is 2.05. The Bertz CT molecular complexity index is 333. The van der Waals surface area contributed by atoms with E-state index in [-0.39, 0.29) is 11.3 Å². The molecule has 4 nitrogen and oxygen atoms in total. The van der Waals surface area contributed by atoms with Crippen LogP contribution in [0.2, 0.25) is 0 Å². The number of carboxylic acid groups (broad SMARTS) is 1. The Labute approximate surface area is 68.9 Å². The van der Waals surface area contributed by atoms with Crippen LogP contribution in [0.15, 0.2) is 12.1 Å². The third kappa shape index (κ3) is 1.47. The summed E-state index contributed by atoms with van der Waals surface area (Å²) in [5, 5.41) is 8.60. The Balaban J connectivity index is 3.20. The monoisotopic (exact) mass is 165 g/mol. The average Bonchev–Trinajstić information content (AvgIpc) is 2.03. The molecule has 0 saturated carbocycles. The van der Waals surface area contributed by atoms with Crippen LogP contribution in [-0.2, 0) is 0 Å². The van der Waals surface area contributed by atoms with E-state index in [4.69, 9.17) is 5.11 Å². The number of aldehydes is 1. The van der Waals surface area contributed by atoms with Gasteiger partial charge in [0.25, 0.3) is 0 Å². The molecule has 1 heterocycles. The number of aromatic nitrogens is 1. The van der Waals surface area contributed by atoms with Crippen molar-refractivity contribution in [2.75, 3.05) is 0 Å². The van der Waals surface area contributed by atoms with Crippen molar-refractivity contribution in [3.63, 3.8) is 0 Å². The molecule has 0 saturated heterocycles. The summed E-state index contributed by atoms with van der Waals surface area (Å²) in [5.74, 6) is -1.03. The molecule has 1 rings (SSSR count). The zero-order chi connectivity index (χ0) is 9.14. The molecule has 0 aromatic carbocycles. The standard InChI is InChI=1S/C8H7NO3/c1-5-7(8(11)12)3-2-6(4-10)9-5/h2-4H,1H3,(H,11,12). The van der Waals surface area contributed by atoms with Gasteiger partial charge in [-0.05, 0) is 19.1 Å². The topological polar surface area (TPSA) is 67.3 Å². The predicted molar refractivity (Wildman–Crippen MR) is 41.3 cm³/mol. The first-order chi connectivity index (χ1) is 5.65. The predicted octanol–water partition coefficient (Wildman–Crippen LogP) is 0.901. The molecule has 0 aliphatic rings. The minimum absolute atomic E-state index is 0.126. The molecular formula is C8H7NO3. The van der Waals surface area contributed by atoms with Gasteiger partial charge in [0.15, 0.2) is 6.29 Å². The maximum absolute atomic E-state index is 10.5. The van der Waals surface area contributed by atoms with Gasteiger partial charge < -0.3 is 5.11 Å². The van der Waals surface area contributed by atoms with Gasteiger partial charge in [0.2, 0.25) is 0 Å². The first-order valence-corrected chi connectivity index (χ1v) is 3.31. The summed E-state index contributed by atoms with van der Waals surface area (Å²) in [6, 6.07) is 2.75. The number of rotatable bonds is 2. The van der Waals surface area contributed by atoms with Crippen molar-refractivity contribution in [2.45, 2.75) is 6.92 Å². The van der Waals surface area contributed by atoms with Crippen molar-refractivity contribution in [1.29, 1.82) is 0 Å². The van der Waals surface area contributed by atoms with Crippen molar-refractivity contribution < 1.29 is 14.7 Å². The van der Waals surface area contributed by atoms with E-state index in [9.17, 15) is 9.59 Å². The van der Waals surface area contributed by atoms with Crippen LogP contribution in [0.3, 0.4) is 0 Å². The molecule has 12 heavy (non-hydrogen) atoms. The Kier molecular flexibility index (Phi) is 2.19. The summed E-state index contributed by atoms with van der Waals surface area (Å²) < 4.78 is 0. The van der Waals surface area contributed by atoms with E-state index < -0.39 is 5.97 Å². The number of carbonyl (C=O) groups excluding carboxylic acids is 1. The van der Waals surface area contributed by atoms with Gasteiger partial charge in [-0.3, -0.25) is 4.79 Å². The minimum Gasteiger partial charge on any atom is -0.478 e. The Morgan fingerprint density at radius 2 is 2.25 bits per heavy atom. The van der Waals surface area contributed by atoms with Crippen LogP contribution in [-0.4, -0.2) is 22.3 Å². The Hall–Kier alpha value is -1.71. The third-order valence-electron chi connectivity index (χ3n) is 1.46. The van der Waals surface area contributed by atoms with Gasteiger partial charge in [-0.2, -0.15) is 0 Å². The third-order valence-corrected chi connectivity index (χ3v) is 1.46. The highest BCUT2D eigenvalue weighted by atomic mass is 16.4. The number of hydrogen-bond donors (Lipinski definition) is 1. The molecule has 0 fully saturated rings. The van der Waals surface area contributed by atoms with E-state index in [1.165, 1.54) is 12.1 Å². The average molecular weight is 165 g/mol. The molecule has 1 aromatic rings. The van der Waals surface area contributed by atoms with E-state index in [0.717, 1.165) is 0 Å². The highest BCUT2D eigenvalue weighted by molar-refractivity contribution is 5.89. The quantitative estimate of drug-likeness (QED) is 0.661. The second-order valence-corrected chi connectivity index (χ2v) is 2.29. The molecule has 0 spiro atoms. The first-order valence-electron chi connectivity index (χ1n) is 3.31. The van der Waals surface area contributed by atoms with Gasteiger partial charge in [-0.15, -0.1) is 0 Å². The molecule has 0 radical (unpaired) electrons. The molecule has 4 heteroatoms. The van der Waals surface area contributed by atoms with E-state index in [1.54, 1.807) is 6.92 Å². The van der Waals surface area contributed by atoms with Gasteiger partial charge in [-0.25, -0.2) is 9.78 Å². The van der Waals surface area contributed by atoms with Crippen LogP contribution in [0.25, 0.3) is 0 Å². The molecule has 1 aromatic heterocycles. The van der Waals surface area contributed by atoms with Crippen molar-refractivity contribution in [3.05, 3.63) is 29.1 Å². The molecule has 62 valence electrons. The molecule has 1 N–H and O–H groups in total. The number of hydrogen-bond acceptors (Lipinski definition) is 3. The van der Waals surface area contributed by atoms with Crippen LogP contribution in [0.5, 0.6) is 0 Å². The molecular weight excluding hydrogens is 158 g/mol. The van der Waals surface area contributed by atoms with Crippen LogP contribution < -0.4 is 0 Å². The number of carbonyl (C=O) groups is 2. The van der Waals surface area contributed by atoms with Crippen LogP contribution in [0.4, 0.5) is 0 Å². The normalized spacial score (nSPS) is 9.42. The lowest BCUT2D eigenvalue weighted by Crippen LogP contribution is -2.02. The second kappa shape index (κ2) is 3.13. The Morgan fingerprint density at radius 3 is 2.67 bits per heavy atom. The zero-order valence-corrected chi connectivity index (χ0v) is 6.44. The molecule has 0 aliphatic heterocycles. The van der Waals surface area contributed by atoms with Gasteiger partial charge in [0.05, 0.1) is 11.3 Å². The largest absolute Gasteiger partial charge is 0.478 e. The van der Waals surface area contributed by atoms with Gasteiger partial charge in [-0.1, -0.05) is 0 Å². The number of aromatic carboxylic acids is 1. The highest BCUT2D eigenvalue weighted by Gasteiger charge is 2.07.